The molecular formula is C13H23NO3. The summed E-state index contributed by atoms with van der Waals surface area (Å²) in [6.07, 6.45) is 5.28. The van der Waals surface area contributed by atoms with Crippen LogP contribution in [0.3, 0.4) is 0 Å². The van der Waals surface area contributed by atoms with Gasteiger partial charge < -0.3 is 14.7 Å². The van der Waals surface area contributed by atoms with Crippen molar-refractivity contribution in [1.29, 1.82) is 0 Å². The summed E-state index contributed by atoms with van der Waals surface area (Å²) in [5.41, 5.74) is 0. The van der Waals surface area contributed by atoms with Gasteiger partial charge in [-0.25, -0.2) is 0 Å². The van der Waals surface area contributed by atoms with Crippen LogP contribution in [0.5, 0.6) is 0 Å². The fourth-order valence-electron chi connectivity index (χ4n) is 2.75. The van der Waals surface area contributed by atoms with Crippen LogP contribution in [0.15, 0.2) is 0 Å². The summed E-state index contributed by atoms with van der Waals surface area (Å²) in [4.78, 5) is 13.1. The summed E-state index contributed by atoms with van der Waals surface area (Å²) in [6, 6.07) is 0.496. The van der Waals surface area contributed by atoms with Gasteiger partial charge in [-0.05, 0) is 51.6 Å². The molecule has 4 nitrogen and oxygen atoms in total. The zero-order valence-corrected chi connectivity index (χ0v) is 10.6. The van der Waals surface area contributed by atoms with E-state index >= 15 is 0 Å². The molecule has 1 saturated carbocycles. The molecule has 1 saturated heterocycles. The van der Waals surface area contributed by atoms with Crippen LogP contribution >= 0.6 is 0 Å². The topological polar surface area (TPSA) is 49.8 Å². The molecule has 0 aromatic carbocycles. The standard InChI is InChI=1S/C13H23NO3/c1-14(12-8-11(9-12)13(15)16)5-2-10-3-6-17-7-4-10/h10-12H,2-9H2,1H3,(H,15,16). The number of rotatable bonds is 5. The maximum absolute atomic E-state index is 10.7. The monoisotopic (exact) mass is 241 g/mol. The molecule has 0 aromatic rings. The Hall–Kier alpha value is -0.610. The molecule has 0 spiro atoms. The summed E-state index contributed by atoms with van der Waals surface area (Å²) in [5, 5.41) is 8.83. The highest BCUT2D eigenvalue weighted by Gasteiger charge is 2.36. The average Bonchev–Trinajstić information content (AvgIpc) is 2.25. The van der Waals surface area contributed by atoms with Crippen LogP contribution in [0.25, 0.3) is 0 Å². The van der Waals surface area contributed by atoms with Gasteiger partial charge in [-0.15, -0.1) is 0 Å². The molecule has 1 heterocycles. The van der Waals surface area contributed by atoms with Crippen molar-refractivity contribution in [1.82, 2.24) is 4.90 Å². The van der Waals surface area contributed by atoms with Crippen LogP contribution in [0.2, 0.25) is 0 Å². The third-order valence-corrected chi connectivity index (χ3v) is 4.32. The maximum Gasteiger partial charge on any atom is 0.306 e. The van der Waals surface area contributed by atoms with Crippen LogP contribution in [-0.4, -0.2) is 48.8 Å². The van der Waals surface area contributed by atoms with Crippen molar-refractivity contribution in [3.63, 3.8) is 0 Å². The number of ether oxygens (including phenoxy) is 1. The highest BCUT2D eigenvalue weighted by molar-refractivity contribution is 5.71. The van der Waals surface area contributed by atoms with Crippen molar-refractivity contribution in [2.75, 3.05) is 26.8 Å². The number of aliphatic carboxylic acids is 1. The van der Waals surface area contributed by atoms with Gasteiger partial charge in [0, 0.05) is 19.3 Å². The number of carboxylic acids is 1. The highest BCUT2D eigenvalue weighted by atomic mass is 16.5. The number of carbonyl (C=O) groups is 1. The third kappa shape index (κ3) is 3.42. The van der Waals surface area contributed by atoms with E-state index in [9.17, 15) is 4.79 Å². The fourth-order valence-corrected chi connectivity index (χ4v) is 2.75. The number of hydrogen-bond donors (Lipinski definition) is 1. The van der Waals surface area contributed by atoms with Gasteiger partial charge in [0.15, 0.2) is 0 Å². The zero-order valence-electron chi connectivity index (χ0n) is 10.6. The lowest BCUT2D eigenvalue weighted by Crippen LogP contribution is -2.45. The van der Waals surface area contributed by atoms with E-state index in [1.165, 1.54) is 19.3 Å². The first-order valence-electron chi connectivity index (χ1n) is 6.67. The van der Waals surface area contributed by atoms with Gasteiger partial charge in [-0.1, -0.05) is 0 Å². The van der Waals surface area contributed by atoms with Crippen LogP contribution in [0.4, 0.5) is 0 Å². The minimum Gasteiger partial charge on any atom is -0.481 e. The first kappa shape index (κ1) is 12.8. The fraction of sp³-hybridized carbons (Fsp3) is 0.923. The minimum atomic E-state index is -0.626. The molecule has 0 bridgehead atoms. The summed E-state index contributed by atoms with van der Waals surface area (Å²) < 4.78 is 5.35. The van der Waals surface area contributed by atoms with E-state index in [0.717, 1.165) is 38.5 Å². The van der Waals surface area contributed by atoms with E-state index in [4.69, 9.17) is 9.84 Å². The first-order valence-corrected chi connectivity index (χ1v) is 6.67. The van der Waals surface area contributed by atoms with E-state index in [1.54, 1.807) is 0 Å². The van der Waals surface area contributed by atoms with Gasteiger partial charge in [-0.3, -0.25) is 4.79 Å². The van der Waals surface area contributed by atoms with Crippen LogP contribution < -0.4 is 0 Å². The van der Waals surface area contributed by atoms with Crippen LogP contribution in [0.1, 0.15) is 32.1 Å². The summed E-state index contributed by atoms with van der Waals surface area (Å²) in [6.45, 7) is 2.93. The third-order valence-electron chi connectivity index (χ3n) is 4.32. The normalized spacial score (nSPS) is 30.2. The van der Waals surface area contributed by atoms with Crippen molar-refractivity contribution in [2.45, 2.75) is 38.1 Å². The maximum atomic E-state index is 10.7. The van der Waals surface area contributed by atoms with Gasteiger partial charge >= 0.3 is 5.97 Å². The Balaban J connectivity index is 1.61. The predicted molar refractivity (Wildman–Crippen MR) is 64.9 cm³/mol. The molecule has 2 rings (SSSR count). The van der Waals surface area contributed by atoms with Crippen molar-refractivity contribution in [3.8, 4) is 0 Å². The second-order valence-electron chi connectivity index (χ2n) is 5.49. The number of hydrogen-bond acceptors (Lipinski definition) is 3. The highest BCUT2D eigenvalue weighted by Crippen LogP contribution is 2.31. The number of nitrogens with zero attached hydrogens (tertiary/aromatic N) is 1. The smallest absolute Gasteiger partial charge is 0.306 e. The molecule has 2 fully saturated rings. The molecular weight excluding hydrogens is 218 g/mol. The molecule has 0 unspecified atom stereocenters. The van der Waals surface area contributed by atoms with Crippen LogP contribution in [0, 0.1) is 11.8 Å². The number of carboxylic acid groups (broad SMARTS) is 1. The summed E-state index contributed by atoms with van der Waals surface area (Å²) in [5.74, 6) is 0.0890. The second-order valence-corrected chi connectivity index (χ2v) is 5.49. The second kappa shape index (κ2) is 5.83. The molecule has 98 valence electrons. The molecule has 2 aliphatic rings. The Morgan fingerprint density at radius 1 is 1.35 bits per heavy atom. The zero-order chi connectivity index (χ0) is 12.3. The SMILES string of the molecule is CN(CCC1CCOCC1)C1CC(C(=O)O)C1. The van der Waals surface area contributed by atoms with Gasteiger partial charge in [-0.2, -0.15) is 0 Å². The van der Waals surface area contributed by atoms with E-state index in [0.29, 0.717) is 6.04 Å². The van der Waals surface area contributed by atoms with Crippen molar-refractivity contribution >= 4 is 5.97 Å². The van der Waals surface area contributed by atoms with Crippen LogP contribution in [-0.2, 0) is 9.53 Å². The largest absolute Gasteiger partial charge is 0.481 e. The molecule has 1 N–H and O–H groups in total. The Bertz CT molecular complexity index is 257. The van der Waals surface area contributed by atoms with Gasteiger partial charge in [0.25, 0.3) is 0 Å². The van der Waals surface area contributed by atoms with Crippen molar-refractivity contribution in [3.05, 3.63) is 0 Å². The lowest BCUT2D eigenvalue weighted by Gasteiger charge is -2.39. The van der Waals surface area contributed by atoms with E-state index in [-0.39, 0.29) is 5.92 Å². The lowest BCUT2D eigenvalue weighted by atomic mass is 9.79. The lowest BCUT2D eigenvalue weighted by molar-refractivity contribution is -0.146. The molecule has 0 aromatic heterocycles. The molecule has 1 aliphatic heterocycles. The molecule has 0 amide bonds. The molecule has 17 heavy (non-hydrogen) atoms. The Labute approximate surface area is 103 Å². The van der Waals surface area contributed by atoms with Gasteiger partial charge in [0.1, 0.15) is 0 Å². The first-order chi connectivity index (χ1) is 8.16. The van der Waals surface area contributed by atoms with E-state index < -0.39 is 5.97 Å². The Morgan fingerprint density at radius 3 is 2.59 bits per heavy atom. The summed E-state index contributed by atoms with van der Waals surface area (Å²) >= 11 is 0. The minimum absolute atomic E-state index is 0.0921. The predicted octanol–water partition coefficient (Wildman–Crippen LogP) is 1.60. The van der Waals surface area contributed by atoms with E-state index in [1.807, 2.05) is 0 Å². The molecule has 0 atom stereocenters. The van der Waals surface area contributed by atoms with Crippen molar-refractivity contribution in [2.24, 2.45) is 11.8 Å². The Morgan fingerprint density at radius 2 is 2.00 bits per heavy atom. The quantitative estimate of drug-likeness (QED) is 0.794. The van der Waals surface area contributed by atoms with Gasteiger partial charge in [0.2, 0.25) is 0 Å². The Kier molecular flexibility index (Phi) is 4.40. The molecule has 4 heteroatoms. The van der Waals surface area contributed by atoms with E-state index in [2.05, 4.69) is 11.9 Å². The molecule has 0 radical (unpaired) electrons. The van der Waals surface area contributed by atoms with Gasteiger partial charge in [0.05, 0.1) is 5.92 Å². The summed E-state index contributed by atoms with van der Waals surface area (Å²) in [7, 11) is 2.13. The average molecular weight is 241 g/mol. The van der Waals surface area contributed by atoms with Crippen molar-refractivity contribution < 1.29 is 14.6 Å². The molecule has 1 aliphatic carbocycles.